The summed E-state index contributed by atoms with van der Waals surface area (Å²) in [5.74, 6) is 0.980. The molecule has 1 aromatic rings. The number of hydrogen-bond acceptors (Lipinski definition) is 2. The fourth-order valence-corrected chi connectivity index (χ4v) is 3.01. The first-order chi connectivity index (χ1) is 9.97. The average molecular weight is 310 g/mol. The van der Waals surface area contributed by atoms with Gasteiger partial charge < -0.3 is 9.64 Å². The van der Waals surface area contributed by atoms with Gasteiger partial charge in [0.05, 0.1) is 6.61 Å². The van der Waals surface area contributed by atoms with Gasteiger partial charge in [-0.3, -0.25) is 0 Å². The molecule has 0 bridgehead atoms. The van der Waals surface area contributed by atoms with Crippen molar-refractivity contribution in [3.8, 4) is 5.75 Å². The first-order valence-electron chi connectivity index (χ1n) is 8.12. The van der Waals surface area contributed by atoms with Crippen LogP contribution in [0.3, 0.4) is 0 Å². The van der Waals surface area contributed by atoms with E-state index < -0.39 is 0 Å². The number of rotatable bonds is 6. The Morgan fingerprint density at radius 1 is 1.14 bits per heavy atom. The zero-order valence-corrected chi connectivity index (χ0v) is 14.4. The van der Waals surface area contributed by atoms with E-state index in [1.807, 2.05) is 18.2 Å². The minimum absolute atomic E-state index is 0.0514. The van der Waals surface area contributed by atoms with Crippen molar-refractivity contribution in [3.63, 3.8) is 0 Å². The van der Waals surface area contributed by atoms with E-state index in [2.05, 4.69) is 25.7 Å². The second kappa shape index (κ2) is 7.51. The molecular formula is C18H28ClNO. The summed E-state index contributed by atoms with van der Waals surface area (Å²) in [6.45, 7) is 11.2. The van der Waals surface area contributed by atoms with Gasteiger partial charge in [-0.05, 0) is 68.9 Å². The maximum atomic E-state index is 6.12. The van der Waals surface area contributed by atoms with Crippen molar-refractivity contribution >= 4 is 11.6 Å². The molecule has 1 aromatic carbocycles. The zero-order valence-electron chi connectivity index (χ0n) is 13.6. The summed E-state index contributed by atoms with van der Waals surface area (Å²) in [5.41, 5.74) is 1.24. The Morgan fingerprint density at radius 2 is 1.86 bits per heavy atom. The van der Waals surface area contributed by atoms with E-state index in [0.717, 1.165) is 23.8 Å². The van der Waals surface area contributed by atoms with E-state index in [1.54, 1.807) is 0 Å². The smallest absolute Gasteiger partial charge is 0.123 e. The van der Waals surface area contributed by atoms with Crippen LogP contribution in [-0.4, -0.2) is 31.1 Å². The van der Waals surface area contributed by atoms with Gasteiger partial charge in [0.25, 0.3) is 0 Å². The number of hydrogen-bond donors (Lipinski definition) is 0. The Bertz CT molecular complexity index is 447. The largest absolute Gasteiger partial charge is 0.493 e. The zero-order chi connectivity index (χ0) is 15.3. The van der Waals surface area contributed by atoms with Crippen LogP contribution in [0.2, 0.25) is 5.02 Å². The molecule has 118 valence electrons. The summed E-state index contributed by atoms with van der Waals surface area (Å²) < 4.78 is 6.01. The molecule has 2 nitrogen and oxygen atoms in total. The highest BCUT2D eigenvalue weighted by Crippen LogP contribution is 2.33. The molecule has 0 N–H and O–H groups in total. The monoisotopic (exact) mass is 309 g/mol. The van der Waals surface area contributed by atoms with Gasteiger partial charge in [0.15, 0.2) is 0 Å². The van der Waals surface area contributed by atoms with Gasteiger partial charge in [-0.15, -0.1) is 0 Å². The van der Waals surface area contributed by atoms with Crippen LogP contribution in [0.5, 0.6) is 5.75 Å². The minimum atomic E-state index is 0.0514. The van der Waals surface area contributed by atoms with Crippen LogP contribution in [0.25, 0.3) is 0 Å². The second-order valence-corrected chi connectivity index (χ2v) is 7.43. The van der Waals surface area contributed by atoms with Crippen LogP contribution in [0.15, 0.2) is 18.2 Å². The molecule has 1 aliphatic rings. The van der Waals surface area contributed by atoms with Crippen molar-refractivity contribution in [1.29, 1.82) is 0 Å². The van der Waals surface area contributed by atoms with Gasteiger partial charge in [0.2, 0.25) is 0 Å². The van der Waals surface area contributed by atoms with Crippen molar-refractivity contribution in [2.24, 2.45) is 0 Å². The molecule has 0 amide bonds. The number of unbranched alkanes of at least 4 members (excludes halogenated alkanes) is 1. The molecule has 0 aromatic heterocycles. The van der Waals surface area contributed by atoms with Crippen molar-refractivity contribution in [2.75, 3.05) is 26.2 Å². The number of halogens is 1. The van der Waals surface area contributed by atoms with Gasteiger partial charge in [-0.1, -0.05) is 32.4 Å². The molecule has 1 fully saturated rings. The topological polar surface area (TPSA) is 12.5 Å². The summed E-state index contributed by atoms with van der Waals surface area (Å²) in [6, 6.07) is 5.95. The predicted molar refractivity (Wildman–Crippen MR) is 90.6 cm³/mol. The van der Waals surface area contributed by atoms with E-state index in [4.69, 9.17) is 16.3 Å². The Labute approximate surface area is 134 Å². The highest BCUT2D eigenvalue weighted by atomic mass is 35.5. The molecule has 0 atom stereocenters. The number of nitrogens with zero attached hydrogens (tertiary/aromatic N) is 1. The normalized spacial score (nSPS) is 16.4. The maximum Gasteiger partial charge on any atom is 0.123 e. The van der Waals surface area contributed by atoms with Crippen molar-refractivity contribution < 1.29 is 4.74 Å². The maximum absolute atomic E-state index is 6.12. The first kappa shape index (κ1) is 16.6. The first-order valence-corrected chi connectivity index (χ1v) is 8.50. The van der Waals surface area contributed by atoms with Crippen LogP contribution >= 0.6 is 11.6 Å². The fraction of sp³-hybridized carbons (Fsp3) is 0.667. The predicted octanol–water partition coefficient (Wildman–Crippen LogP) is 4.89. The Morgan fingerprint density at radius 3 is 2.52 bits per heavy atom. The molecule has 21 heavy (non-hydrogen) atoms. The van der Waals surface area contributed by atoms with Gasteiger partial charge in [-0.2, -0.15) is 0 Å². The quantitative estimate of drug-likeness (QED) is 0.694. The third-order valence-electron chi connectivity index (χ3n) is 4.07. The molecule has 3 heteroatoms. The van der Waals surface area contributed by atoms with Gasteiger partial charge >= 0.3 is 0 Å². The van der Waals surface area contributed by atoms with Crippen molar-refractivity contribution in [1.82, 2.24) is 4.90 Å². The highest BCUT2D eigenvalue weighted by Gasteiger charge is 2.19. The highest BCUT2D eigenvalue weighted by molar-refractivity contribution is 6.30. The van der Waals surface area contributed by atoms with E-state index in [-0.39, 0.29) is 5.41 Å². The fourth-order valence-electron chi connectivity index (χ4n) is 2.84. The molecule has 1 saturated heterocycles. The van der Waals surface area contributed by atoms with Gasteiger partial charge in [0, 0.05) is 10.6 Å². The molecule has 1 aliphatic heterocycles. The SMILES string of the molecule is CC(C)(C)c1cc(Cl)ccc1OCCCCN1CCCC1. The van der Waals surface area contributed by atoms with Crippen LogP contribution in [0, 0.1) is 0 Å². The van der Waals surface area contributed by atoms with Gasteiger partial charge in [-0.25, -0.2) is 0 Å². The molecule has 0 unspecified atom stereocenters. The van der Waals surface area contributed by atoms with E-state index in [0.29, 0.717) is 0 Å². The summed E-state index contributed by atoms with van der Waals surface area (Å²) in [7, 11) is 0. The molecule has 1 heterocycles. The number of likely N-dealkylation sites (tertiary alicyclic amines) is 1. The average Bonchev–Trinajstić information content (AvgIpc) is 2.92. The Kier molecular flexibility index (Phi) is 5.95. The Balaban J connectivity index is 1.79. The van der Waals surface area contributed by atoms with Crippen LogP contribution in [0.1, 0.15) is 52.0 Å². The van der Waals surface area contributed by atoms with E-state index >= 15 is 0 Å². The van der Waals surface area contributed by atoms with E-state index in [1.165, 1.54) is 44.5 Å². The van der Waals surface area contributed by atoms with Crippen molar-refractivity contribution in [3.05, 3.63) is 28.8 Å². The molecule has 0 radical (unpaired) electrons. The standard InChI is InChI=1S/C18H28ClNO/c1-18(2,3)16-14-15(19)8-9-17(16)21-13-7-6-12-20-10-4-5-11-20/h8-9,14H,4-7,10-13H2,1-3H3. The van der Waals surface area contributed by atoms with Crippen LogP contribution in [-0.2, 0) is 5.41 Å². The molecule has 2 rings (SSSR count). The van der Waals surface area contributed by atoms with E-state index in [9.17, 15) is 0 Å². The third-order valence-corrected chi connectivity index (χ3v) is 4.31. The lowest BCUT2D eigenvalue weighted by molar-refractivity contribution is 0.275. The molecule has 0 aliphatic carbocycles. The lowest BCUT2D eigenvalue weighted by atomic mass is 9.86. The summed E-state index contributed by atoms with van der Waals surface area (Å²) in [6.07, 6.45) is 5.08. The lowest BCUT2D eigenvalue weighted by Gasteiger charge is -2.23. The van der Waals surface area contributed by atoms with Gasteiger partial charge in [0.1, 0.15) is 5.75 Å². The summed E-state index contributed by atoms with van der Waals surface area (Å²) in [5, 5.41) is 0.779. The summed E-state index contributed by atoms with van der Waals surface area (Å²) in [4.78, 5) is 2.56. The van der Waals surface area contributed by atoms with Crippen LogP contribution < -0.4 is 4.74 Å². The minimum Gasteiger partial charge on any atom is -0.493 e. The Hall–Kier alpha value is -0.730. The second-order valence-electron chi connectivity index (χ2n) is 6.99. The molecule has 0 saturated carbocycles. The lowest BCUT2D eigenvalue weighted by Crippen LogP contribution is -2.20. The molecule has 0 spiro atoms. The van der Waals surface area contributed by atoms with Crippen molar-refractivity contribution in [2.45, 2.75) is 51.9 Å². The van der Waals surface area contributed by atoms with Crippen LogP contribution in [0.4, 0.5) is 0 Å². The number of ether oxygens (including phenoxy) is 1. The number of benzene rings is 1. The third kappa shape index (κ3) is 5.19. The summed E-state index contributed by atoms with van der Waals surface area (Å²) >= 11 is 6.12. The molecular weight excluding hydrogens is 282 g/mol.